The largest absolute Gasteiger partial charge is 0.451 e. The van der Waals surface area contributed by atoms with E-state index in [2.05, 4.69) is 5.32 Å². The number of furan rings is 1. The van der Waals surface area contributed by atoms with Crippen molar-refractivity contribution >= 4 is 32.6 Å². The summed E-state index contributed by atoms with van der Waals surface area (Å²) in [7, 11) is -3.55. The molecule has 0 aliphatic carbocycles. The number of hydrogen-bond acceptors (Lipinski definition) is 5. The maximum absolute atomic E-state index is 12.6. The Morgan fingerprint density at radius 3 is 2.41 bits per heavy atom. The van der Waals surface area contributed by atoms with Crippen LogP contribution in [-0.2, 0) is 14.8 Å². The van der Waals surface area contributed by atoms with Gasteiger partial charge in [0.15, 0.2) is 5.76 Å². The zero-order valence-electron chi connectivity index (χ0n) is 14.4. The molecule has 1 fully saturated rings. The van der Waals surface area contributed by atoms with Crippen LogP contribution in [0.15, 0.2) is 63.9 Å². The second-order valence-electron chi connectivity index (χ2n) is 6.14. The van der Waals surface area contributed by atoms with E-state index in [0.717, 1.165) is 5.39 Å². The van der Waals surface area contributed by atoms with E-state index in [-0.39, 0.29) is 10.7 Å². The molecule has 3 aromatic rings. The SMILES string of the molecule is O=C(Nc1ccc(S(=O)(=O)N2CCOCC2)cc1)c1cc2ccccc2o1. The molecule has 2 heterocycles. The van der Waals surface area contributed by atoms with Crippen molar-refractivity contribution in [1.82, 2.24) is 4.31 Å². The van der Waals surface area contributed by atoms with E-state index in [1.807, 2.05) is 18.2 Å². The monoisotopic (exact) mass is 386 g/mol. The standard InChI is InChI=1S/C19H18N2O5S/c22-19(18-13-14-3-1-2-4-17(14)26-18)20-15-5-7-16(8-6-15)27(23,24)21-9-11-25-12-10-21/h1-8,13H,9-12H2,(H,20,22). The topological polar surface area (TPSA) is 88.9 Å². The third kappa shape index (κ3) is 3.59. The van der Waals surface area contributed by atoms with Crippen LogP contribution in [-0.4, -0.2) is 44.9 Å². The van der Waals surface area contributed by atoms with Crippen LogP contribution in [0, 0.1) is 0 Å². The third-order valence-electron chi connectivity index (χ3n) is 4.37. The van der Waals surface area contributed by atoms with Crippen LogP contribution in [0.4, 0.5) is 5.69 Å². The summed E-state index contributed by atoms with van der Waals surface area (Å²) in [5.74, 6) is -0.198. The molecule has 8 heteroatoms. The van der Waals surface area contributed by atoms with E-state index >= 15 is 0 Å². The first-order chi connectivity index (χ1) is 13.0. The normalized spacial score (nSPS) is 15.7. The molecule has 1 aromatic heterocycles. The summed E-state index contributed by atoms with van der Waals surface area (Å²) in [4.78, 5) is 12.6. The summed E-state index contributed by atoms with van der Waals surface area (Å²) >= 11 is 0. The number of rotatable bonds is 4. The molecule has 1 N–H and O–H groups in total. The van der Waals surface area contributed by atoms with Crippen LogP contribution >= 0.6 is 0 Å². The first-order valence-corrected chi connectivity index (χ1v) is 9.96. The number of morpholine rings is 1. The Labute approximate surface area is 156 Å². The Hall–Kier alpha value is -2.68. The van der Waals surface area contributed by atoms with Crippen LogP contribution in [0.3, 0.4) is 0 Å². The Bertz CT molecular complexity index is 1030. The van der Waals surface area contributed by atoms with Crippen LogP contribution in [0.5, 0.6) is 0 Å². The summed E-state index contributed by atoms with van der Waals surface area (Å²) < 4.78 is 37.3. The minimum atomic E-state index is -3.55. The van der Waals surface area contributed by atoms with Crippen molar-refractivity contribution in [2.24, 2.45) is 0 Å². The number of fused-ring (bicyclic) bond motifs is 1. The number of anilines is 1. The van der Waals surface area contributed by atoms with Gasteiger partial charge in [-0.25, -0.2) is 8.42 Å². The number of nitrogens with one attached hydrogen (secondary N) is 1. The molecule has 27 heavy (non-hydrogen) atoms. The number of carbonyl (C=O) groups is 1. The minimum absolute atomic E-state index is 0.186. The van der Waals surface area contributed by atoms with Crippen molar-refractivity contribution in [1.29, 1.82) is 0 Å². The van der Waals surface area contributed by atoms with Crippen molar-refractivity contribution in [2.45, 2.75) is 4.90 Å². The average Bonchev–Trinajstić information content (AvgIpc) is 3.13. The minimum Gasteiger partial charge on any atom is -0.451 e. The number of ether oxygens (including phenoxy) is 1. The van der Waals surface area contributed by atoms with Crippen molar-refractivity contribution in [3.8, 4) is 0 Å². The highest BCUT2D eigenvalue weighted by Crippen LogP contribution is 2.22. The molecule has 0 saturated carbocycles. The molecule has 4 rings (SSSR count). The highest BCUT2D eigenvalue weighted by atomic mass is 32.2. The van der Waals surface area contributed by atoms with Gasteiger partial charge in [-0.3, -0.25) is 4.79 Å². The number of benzene rings is 2. The zero-order chi connectivity index (χ0) is 18.9. The van der Waals surface area contributed by atoms with Crippen molar-refractivity contribution in [3.05, 3.63) is 60.4 Å². The van der Waals surface area contributed by atoms with E-state index in [1.54, 1.807) is 24.3 Å². The second kappa shape index (κ2) is 7.15. The van der Waals surface area contributed by atoms with Crippen molar-refractivity contribution in [3.63, 3.8) is 0 Å². The highest BCUT2D eigenvalue weighted by molar-refractivity contribution is 7.89. The molecule has 0 atom stereocenters. The summed E-state index contributed by atoms with van der Waals surface area (Å²) in [6.45, 7) is 1.47. The van der Waals surface area contributed by atoms with Gasteiger partial charge in [0, 0.05) is 24.2 Å². The maximum atomic E-state index is 12.6. The molecular weight excluding hydrogens is 368 g/mol. The summed E-state index contributed by atoms with van der Waals surface area (Å²) in [6, 6.07) is 15.1. The second-order valence-corrected chi connectivity index (χ2v) is 8.08. The zero-order valence-corrected chi connectivity index (χ0v) is 15.2. The van der Waals surface area contributed by atoms with Gasteiger partial charge >= 0.3 is 0 Å². The number of nitrogens with zero attached hydrogens (tertiary/aromatic N) is 1. The van der Waals surface area contributed by atoms with E-state index in [0.29, 0.717) is 37.6 Å². The molecule has 0 spiro atoms. The fraction of sp³-hybridized carbons (Fsp3) is 0.211. The quantitative estimate of drug-likeness (QED) is 0.745. The van der Waals surface area contributed by atoms with Gasteiger partial charge in [0.25, 0.3) is 5.91 Å². The van der Waals surface area contributed by atoms with E-state index in [1.165, 1.54) is 16.4 Å². The van der Waals surface area contributed by atoms with E-state index in [4.69, 9.17) is 9.15 Å². The molecule has 0 radical (unpaired) electrons. The van der Waals surface area contributed by atoms with Gasteiger partial charge < -0.3 is 14.5 Å². The fourth-order valence-corrected chi connectivity index (χ4v) is 4.34. The van der Waals surface area contributed by atoms with Crippen LogP contribution in [0.2, 0.25) is 0 Å². The number of sulfonamides is 1. The predicted octanol–water partition coefficient (Wildman–Crippen LogP) is 2.71. The molecule has 1 aliphatic rings. The molecular formula is C19H18N2O5S. The number of amides is 1. The Morgan fingerprint density at radius 2 is 1.70 bits per heavy atom. The van der Waals surface area contributed by atoms with E-state index < -0.39 is 15.9 Å². The number of carbonyl (C=O) groups excluding carboxylic acids is 1. The van der Waals surface area contributed by atoms with Gasteiger partial charge in [-0.1, -0.05) is 18.2 Å². The number of hydrogen-bond donors (Lipinski definition) is 1. The molecule has 1 aliphatic heterocycles. The van der Waals surface area contributed by atoms with Crippen LogP contribution in [0.25, 0.3) is 11.0 Å². The summed E-state index contributed by atoms with van der Waals surface area (Å²) in [6.07, 6.45) is 0. The highest BCUT2D eigenvalue weighted by Gasteiger charge is 2.26. The van der Waals surface area contributed by atoms with Crippen molar-refractivity contribution in [2.75, 3.05) is 31.6 Å². The lowest BCUT2D eigenvalue weighted by atomic mass is 10.2. The van der Waals surface area contributed by atoms with Gasteiger partial charge in [0.05, 0.1) is 18.1 Å². The fourth-order valence-electron chi connectivity index (χ4n) is 2.93. The Balaban J connectivity index is 1.49. The molecule has 1 amide bonds. The molecule has 1 saturated heterocycles. The molecule has 0 bridgehead atoms. The lowest BCUT2D eigenvalue weighted by Gasteiger charge is -2.26. The van der Waals surface area contributed by atoms with Crippen molar-refractivity contribution < 1.29 is 22.4 Å². The van der Waals surface area contributed by atoms with E-state index in [9.17, 15) is 13.2 Å². The van der Waals surface area contributed by atoms with Gasteiger partial charge in [-0.15, -0.1) is 0 Å². The molecule has 0 unspecified atom stereocenters. The van der Waals surface area contributed by atoms with Gasteiger partial charge in [-0.2, -0.15) is 4.31 Å². The first-order valence-electron chi connectivity index (χ1n) is 8.52. The molecule has 2 aromatic carbocycles. The predicted molar refractivity (Wildman–Crippen MR) is 100 cm³/mol. The molecule has 7 nitrogen and oxygen atoms in total. The summed E-state index contributed by atoms with van der Waals surface area (Å²) in [5, 5.41) is 3.56. The summed E-state index contributed by atoms with van der Waals surface area (Å²) in [5.41, 5.74) is 1.12. The van der Waals surface area contributed by atoms with Crippen LogP contribution < -0.4 is 5.32 Å². The lowest BCUT2D eigenvalue weighted by Crippen LogP contribution is -2.40. The number of para-hydroxylation sites is 1. The van der Waals surface area contributed by atoms with Gasteiger partial charge in [0.1, 0.15) is 5.58 Å². The smallest absolute Gasteiger partial charge is 0.291 e. The lowest BCUT2D eigenvalue weighted by molar-refractivity contribution is 0.0730. The maximum Gasteiger partial charge on any atom is 0.291 e. The Kier molecular flexibility index (Phi) is 4.69. The van der Waals surface area contributed by atoms with Gasteiger partial charge in [0.2, 0.25) is 10.0 Å². The average molecular weight is 386 g/mol. The Morgan fingerprint density at radius 1 is 1.00 bits per heavy atom. The van der Waals surface area contributed by atoms with Crippen LogP contribution in [0.1, 0.15) is 10.6 Å². The first kappa shape index (κ1) is 17.7. The third-order valence-corrected chi connectivity index (χ3v) is 6.28. The van der Waals surface area contributed by atoms with Gasteiger partial charge in [-0.05, 0) is 36.4 Å². The molecule has 140 valence electrons.